The molecule has 106 valence electrons. The standard InChI is InChI=1S/C9H20N4O3S2/c1-17-7-2-8(10)9(14)12-3-5-13(6-4-12)18(11,15)16/h8H,2-7,10H2,1H3,(H2,11,15,16)/t8-/m0/s1. The van der Waals surface area contributed by atoms with Gasteiger partial charge in [0.05, 0.1) is 6.04 Å². The van der Waals surface area contributed by atoms with E-state index in [0.29, 0.717) is 19.5 Å². The molecule has 0 aromatic rings. The van der Waals surface area contributed by atoms with Crippen molar-refractivity contribution in [3.63, 3.8) is 0 Å². The zero-order valence-corrected chi connectivity index (χ0v) is 12.0. The van der Waals surface area contributed by atoms with E-state index in [2.05, 4.69) is 0 Å². The van der Waals surface area contributed by atoms with Crippen molar-refractivity contribution < 1.29 is 13.2 Å². The minimum atomic E-state index is -3.65. The van der Waals surface area contributed by atoms with E-state index in [4.69, 9.17) is 10.9 Å². The molecule has 0 radical (unpaired) electrons. The average Bonchev–Trinajstić information content (AvgIpc) is 2.34. The Morgan fingerprint density at radius 2 is 1.89 bits per heavy atom. The van der Waals surface area contributed by atoms with Crippen molar-refractivity contribution in [3.05, 3.63) is 0 Å². The van der Waals surface area contributed by atoms with E-state index in [1.165, 1.54) is 4.31 Å². The average molecular weight is 296 g/mol. The Morgan fingerprint density at radius 3 is 2.33 bits per heavy atom. The van der Waals surface area contributed by atoms with Gasteiger partial charge in [0, 0.05) is 26.2 Å². The second-order valence-corrected chi connectivity index (χ2v) is 6.69. The van der Waals surface area contributed by atoms with Crippen LogP contribution in [0.5, 0.6) is 0 Å². The highest BCUT2D eigenvalue weighted by molar-refractivity contribution is 7.98. The van der Waals surface area contributed by atoms with Crippen LogP contribution in [0, 0.1) is 0 Å². The summed E-state index contributed by atoms with van der Waals surface area (Å²) in [6, 6.07) is -0.501. The monoisotopic (exact) mass is 296 g/mol. The van der Waals surface area contributed by atoms with Gasteiger partial charge in [-0.1, -0.05) is 0 Å². The Bertz CT molecular complexity index is 379. The first-order valence-corrected chi connectivity index (χ1v) is 8.57. The van der Waals surface area contributed by atoms with Crippen LogP contribution in [0.4, 0.5) is 0 Å². The van der Waals surface area contributed by atoms with Crippen LogP contribution >= 0.6 is 11.8 Å². The van der Waals surface area contributed by atoms with Crippen molar-refractivity contribution in [2.75, 3.05) is 38.2 Å². The van der Waals surface area contributed by atoms with Gasteiger partial charge in [0.15, 0.2) is 0 Å². The van der Waals surface area contributed by atoms with Crippen LogP contribution in [0.15, 0.2) is 0 Å². The second kappa shape index (κ2) is 6.71. The maximum Gasteiger partial charge on any atom is 0.277 e. The molecule has 1 atom stereocenters. The topological polar surface area (TPSA) is 110 Å². The van der Waals surface area contributed by atoms with E-state index in [1.54, 1.807) is 16.7 Å². The van der Waals surface area contributed by atoms with E-state index in [9.17, 15) is 13.2 Å². The van der Waals surface area contributed by atoms with Crippen LogP contribution in [0.25, 0.3) is 0 Å². The molecule has 0 bridgehead atoms. The highest BCUT2D eigenvalue weighted by atomic mass is 32.2. The quantitative estimate of drug-likeness (QED) is 0.636. The van der Waals surface area contributed by atoms with E-state index in [-0.39, 0.29) is 19.0 Å². The molecule has 0 aromatic carbocycles. The molecule has 0 saturated carbocycles. The summed E-state index contributed by atoms with van der Waals surface area (Å²) in [4.78, 5) is 13.6. The molecule has 0 aromatic heterocycles. The van der Waals surface area contributed by atoms with Crippen LogP contribution in [0.2, 0.25) is 0 Å². The first-order valence-electron chi connectivity index (χ1n) is 5.67. The molecule has 1 rings (SSSR count). The fourth-order valence-electron chi connectivity index (χ4n) is 1.77. The van der Waals surface area contributed by atoms with Crippen LogP contribution in [-0.2, 0) is 15.0 Å². The Hall–Kier alpha value is -0.350. The SMILES string of the molecule is CSCC[C@H](N)C(=O)N1CCN(S(N)(=O)=O)CC1. The third kappa shape index (κ3) is 4.39. The number of thioether (sulfide) groups is 1. The van der Waals surface area contributed by atoms with Gasteiger partial charge in [-0.25, -0.2) is 5.14 Å². The van der Waals surface area contributed by atoms with Crippen LogP contribution in [-0.4, -0.2) is 67.8 Å². The van der Waals surface area contributed by atoms with Gasteiger partial charge in [0.1, 0.15) is 0 Å². The summed E-state index contributed by atoms with van der Waals surface area (Å²) in [6.45, 7) is 1.17. The minimum absolute atomic E-state index is 0.113. The summed E-state index contributed by atoms with van der Waals surface area (Å²) >= 11 is 1.64. The summed E-state index contributed by atoms with van der Waals surface area (Å²) in [5, 5.41) is 5.02. The first kappa shape index (κ1) is 15.7. The normalized spacial score (nSPS) is 19.8. The summed E-state index contributed by atoms with van der Waals surface area (Å²) in [6.07, 6.45) is 2.59. The van der Waals surface area contributed by atoms with Gasteiger partial charge in [-0.05, 0) is 18.4 Å². The van der Waals surface area contributed by atoms with Crippen molar-refractivity contribution in [1.29, 1.82) is 0 Å². The van der Waals surface area contributed by atoms with Crippen molar-refractivity contribution in [2.45, 2.75) is 12.5 Å². The number of hydrogen-bond acceptors (Lipinski definition) is 5. The fraction of sp³-hybridized carbons (Fsp3) is 0.889. The number of amides is 1. The minimum Gasteiger partial charge on any atom is -0.339 e. The van der Waals surface area contributed by atoms with Gasteiger partial charge < -0.3 is 10.6 Å². The molecule has 1 aliphatic rings. The molecule has 9 heteroatoms. The molecule has 0 aliphatic carbocycles. The van der Waals surface area contributed by atoms with Crippen molar-refractivity contribution in [3.8, 4) is 0 Å². The summed E-state index contributed by atoms with van der Waals surface area (Å²) in [7, 11) is -3.65. The lowest BCUT2D eigenvalue weighted by Gasteiger charge is -2.34. The number of piperazine rings is 1. The van der Waals surface area contributed by atoms with Crippen molar-refractivity contribution in [1.82, 2.24) is 9.21 Å². The molecule has 7 nitrogen and oxygen atoms in total. The smallest absolute Gasteiger partial charge is 0.277 e. The van der Waals surface area contributed by atoms with Gasteiger partial charge in [-0.2, -0.15) is 24.5 Å². The number of carbonyl (C=O) groups is 1. The molecule has 1 heterocycles. The zero-order chi connectivity index (χ0) is 13.8. The highest BCUT2D eigenvalue weighted by Gasteiger charge is 2.28. The Labute approximate surface area is 112 Å². The highest BCUT2D eigenvalue weighted by Crippen LogP contribution is 2.08. The van der Waals surface area contributed by atoms with Crippen molar-refractivity contribution in [2.24, 2.45) is 10.9 Å². The van der Waals surface area contributed by atoms with E-state index >= 15 is 0 Å². The molecular weight excluding hydrogens is 276 g/mol. The molecule has 18 heavy (non-hydrogen) atoms. The predicted molar refractivity (Wildman–Crippen MR) is 72.2 cm³/mol. The molecule has 1 saturated heterocycles. The summed E-state index contributed by atoms with van der Waals surface area (Å²) < 4.78 is 23.4. The third-order valence-electron chi connectivity index (χ3n) is 2.86. The fourth-order valence-corrected chi connectivity index (χ4v) is 2.93. The van der Waals surface area contributed by atoms with E-state index < -0.39 is 16.3 Å². The lowest BCUT2D eigenvalue weighted by Crippen LogP contribution is -2.55. The Balaban J connectivity index is 2.45. The van der Waals surface area contributed by atoms with Gasteiger partial charge >= 0.3 is 0 Å². The molecular formula is C9H20N4O3S2. The van der Waals surface area contributed by atoms with Crippen molar-refractivity contribution >= 4 is 27.9 Å². The maximum atomic E-state index is 12.0. The van der Waals surface area contributed by atoms with Crippen LogP contribution < -0.4 is 10.9 Å². The molecule has 4 N–H and O–H groups in total. The van der Waals surface area contributed by atoms with E-state index in [0.717, 1.165) is 5.75 Å². The second-order valence-electron chi connectivity index (χ2n) is 4.16. The van der Waals surface area contributed by atoms with Gasteiger partial charge in [-0.15, -0.1) is 0 Å². The summed E-state index contributed by atoms with van der Waals surface area (Å²) in [5.41, 5.74) is 5.79. The first-order chi connectivity index (χ1) is 8.36. The number of hydrogen-bond donors (Lipinski definition) is 2. The third-order valence-corrected chi connectivity index (χ3v) is 4.59. The molecule has 0 spiro atoms. The Kier molecular flexibility index (Phi) is 5.86. The molecule has 1 fully saturated rings. The van der Waals surface area contributed by atoms with E-state index in [1.807, 2.05) is 6.26 Å². The van der Waals surface area contributed by atoms with Gasteiger partial charge in [0.25, 0.3) is 10.2 Å². The van der Waals surface area contributed by atoms with Gasteiger partial charge in [0.2, 0.25) is 5.91 Å². The van der Waals surface area contributed by atoms with Crippen LogP contribution in [0.3, 0.4) is 0 Å². The number of nitrogens with two attached hydrogens (primary N) is 2. The zero-order valence-electron chi connectivity index (χ0n) is 10.4. The molecule has 0 unspecified atom stereocenters. The lowest BCUT2D eigenvalue weighted by molar-refractivity contribution is -0.133. The number of carbonyl (C=O) groups excluding carboxylic acids is 1. The largest absolute Gasteiger partial charge is 0.339 e. The maximum absolute atomic E-state index is 12.0. The number of rotatable bonds is 5. The lowest BCUT2D eigenvalue weighted by atomic mass is 10.2. The summed E-state index contributed by atoms with van der Waals surface area (Å²) in [5.74, 6) is 0.724. The number of nitrogens with zero attached hydrogens (tertiary/aromatic N) is 2. The van der Waals surface area contributed by atoms with Gasteiger partial charge in [-0.3, -0.25) is 4.79 Å². The molecule has 1 amide bonds. The Morgan fingerprint density at radius 1 is 1.33 bits per heavy atom. The molecule has 1 aliphatic heterocycles. The van der Waals surface area contributed by atoms with Crippen LogP contribution in [0.1, 0.15) is 6.42 Å². The predicted octanol–water partition coefficient (Wildman–Crippen LogP) is -1.59.